The van der Waals surface area contributed by atoms with Crippen molar-refractivity contribution >= 4 is 28.5 Å². The molecule has 108 valence electrons. The van der Waals surface area contributed by atoms with Crippen LogP contribution in [0.3, 0.4) is 0 Å². The summed E-state index contributed by atoms with van der Waals surface area (Å²) in [7, 11) is 0. The normalized spacial score (nSPS) is 11.8. The van der Waals surface area contributed by atoms with Crippen LogP contribution in [-0.2, 0) is 0 Å². The third-order valence-electron chi connectivity index (χ3n) is 3.27. The second-order valence-electron chi connectivity index (χ2n) is 4.84. The van der Waals surface area contributed by atoms with Gasteiger partial charge in [0.1, 0.15) is 5.01 Å². The van der Waals surface area contributed by atoms with Crippen molar-refractivity contribution in [3.05, 3.63) is 62.6 Å². The summed E-state index contributed by atoms with van der Waals surface area (Å²) in [6.45, 7) is 2.03. The number of rotatable bonds is 4. The number of hydrogen-bond acceptors (Lipinski definition) is 5. The van der Waals surface area contributed by atoms with Gasteiger partial charge in [-0.25, -0.2) is 4.98 Å². The average Bonchev–Trinajstić information content (AvgIpc) is 3.20. The van der Waals surface area contributed by atoms with E-state index in [0.717, 1.165) is 11.3 Å². The Bertz CT molecular complexity index is 826. The third-order valence-corrected chi connectivity index (χ3v) is 5.07. The Morgan fingerprint density at radius 2 is 2.00 bits per heavy atom. The first-order valence-electron chi connectivity index (χ1n) is 6.69. The summed E-state index contributed by atoms with van der Waals surface area (Å²) in [4.78, 5) is 17.5. The zero-order valence-electron chi connectivity index (χ0n) is 11.8. The smallest absolute Gasteiger partial charge is 0.196 e. The van der Waals surface area contributed by atoms with Gasteiger partial charge in [-0.1, -0.05) is 35.9 Å². The first kappa shape index (κ1) is 14.6. The first-order valence-corrected chi connectivity index (χ1v) is 8.45. The summed E-state index contributed by atoms with van der Waals surface area (Å²) in [6, 6.07) is 13.7. The molecule has 0 radical (unpaired) electrons. The fourth-order valence-electron chi connectivity index (χ4n) is 2.06. The Hall–Kier alpha value is -2.29. The van der Waals surface area contributed by atoms with Crippen molar-refractivity contribution in [2.45, 2.75) is 12.8 Å². The number of aromatic nitrogens is 1. The van der Waals surface area contributed by atoms with E-state index < -0.39 is 5.92 Å². The first-order chi connectivity index (χ1) is 10.7. The maximum atomic E-state index is 12.4. The summed E-state index contributed by atoms with van der Waals surface area (Å²) in [5, 5.41) is 13.6. The number of nitriles is 1. The molecule has 0 saturated carbocycles. The fourth-order valence-corrected chi connectivity index (χ4v) is 3.63. The summed E-state index contributed by atoms with van der Waals surface area (Å²) in [5.41, 5.74) is 2.98. The van der Waals surface area contributed by atoms with E-state index in [1.165, 1.54) is 28.2 Å². The van der Waals surface area contributed by atoms with Crippen LogP contribution in [0.4, 0.5) is 0 Å². The van der Waals surface area contributed by atoms with Crippen LogP contribution in [0.1, 0.15) is 26.2 Å². The molecule has 2 heterocycles. The molecular weight excluding hydrogens is 312 g/mol. The van der Waals surface area contributed by atoms with E-state index >= 15 is 0 Å². The molecule has 5 heteroatoms. The lowest BCUT2D eigenvalue weighted by atomic mass is 10.1. The summed E-state index contributed by atoms with van der Waals surface area (Å²) in [5.74, 6) is -1.01. The van der Waals surface area contributed by atoms with Crippen LogP contribution < -0.4 is 0 Å². The van der Waals surface area contributed by atoms with Crippen LogP contribution in [0.2, 0.25) is 0 Å². The molecule has 0 saturated heterocycles. The molecule has 0 bridgehead atoms. The highest BCUT2D eigenvalue weighted by Gasteiger charge is 2.25. The highest BCUT2D eigenvalue weighted by Crippen LogP contribution is 2.29. The Kier molecular flexibility index (Phi) is 4.14. The molecular formula is C17H12N2OS2. The molecule has 3 rings (SSSR count). The topological polar surface area (TPSA) is 53.8 Å². The molecule has 0 aliphatic carbocycles. The zero-order chi connectivity index (χ0) is 15.5. The second kappa shape index (κ2) is 6.22. The number of carbonyl (C=O) groups excluding carboxylic acids is 1. The van der Waals surface area contributed by atoms with Gasteiger partial charge in [0.05, 0.1) is 16.6 Å². The third kappa shape index (κ3) is 2.84. The Morgan fingerprint density at radius 3 is 2.64 bits per heavy atom. The van der Waals surface area contributed by atoms with Gasteiger partial charge in [0, 0.05) is 10.9 Å². The van der Waals surface area contributed by atoms with Gasteiger partial charge in [0.15, 0.2) is 11.7 Å². The van der Waals surface area contributed by atoms with E-state index in [0.29, 0.717) is 9.88 Å². The summed E-state index contributed by atoms with van der Waals surface area (Å²) >= 11 is 2.71. The molecule has 22 heavy (non-hydrogen) atoms. The maximum Gasteiger partial charge on any atom is 0.196 e. The average molecular weight is 324 g/mol. The molecule has 3 nitrogen and oxygen atoms in total. The van der Waals surface area contributed by atoms with Gasteiger partial charge in [-0.15, -0.1) is 22.7 Å². The zero-order valence-corrected chi connectivity index (χ0v) is 13.4. The number of carbonyl (C=O) groups is 1. The van der Waals surface area contributed by atoms with Crippen LogP contribution in [0.15, 0.2) is 47.2 Å². The van der Waals surface area contributed by atoms with Crippen LogP contribution >= 0.6 is 22.7 Å². The molecule has 0 aliphatic heterocycles. The van der Waals surface area contributed by atoms with Gasteiger partial charge in [-0.05, 0) is 18.4 Å². The molecule has 0 spiro atoms. The summed E-state index contributed by atoms with van der Waals surface area (Å²) in [6.07, 6.45) is 0. The van der Waals surface area contributed by atoms with Crippen molar-refractivity contribution in [1.29, 1.82) is 5.26 Å². The van der Waals surface area contributed by atoms with Crippen LogP contribution in [-0.4, -0.2) is 10.8 Å². The maximum absolute atomic E-state index is 12.4. The van der Waals surface area contributed by atoms with E-state index in [9.17, 15) is 10.1 Å². The van der Waals surface area contributed by atoms with Gasteiger partial charge in [-0.3, -0.25) is 4.79 Å². The fraction of sp³-hybridized carbons (Fsp3) is 0.118. The largest absolute Gasteiger partial charge is 0.291 e. The molecule has 1 atom stereocenters. The molecule has 0 aliphatic rings. The van der Waals surface area contributed by atoms with Crippen molar-refractivity contribution in [2.24, 2.45) is 0 Å². The number of nitrogens with zero attached hydrogens (tertiary/aromatic N) is 2. The lowest BCUT2D eigenvalue weighted by molar-refractivity contribution is 0.0983. The van der Waals surface area contributed by atoms with Crippen molar-refractivity contribution in [3.8, 4) is 17.3 Å². The van der Waals surface area contributed by atoms with E-state index in [1.54, 1.807) is 6.07 Å². The minimum Gasteiger partial charge on any atom is -0.291 e. The number of hydrogen-bond donors (Lipinski definition) is 0. The molecule has 0 fully saturated rings. The van der Waals surface area contributed by atoms with Crippen molar-refractivity contribution in [1.82, 2.24) is 4.98 Å². The lowest BCUT2D eigenvalue weighted by Crippen LogP contribution is -2.09. The Labute approximate surface area is 136 Å². The number of aryl methyl sites for hydroxylation is 1. The molecule has 0 N–H and O–H groups in total. The number of ketones is 1. The van der Waals surface area contributed by atoms with E-state index in [4.69, 9.17) is 0 Å². The second-order valence-corrected chi connectivity index (χ2v) is 6.68. The molecule has 1 unspecified atom stereocenters. The highest BCUT2D eigenvalue weighted by molar-refractivity contribution is 7.12. The lowest BCUT2D eigenvalue weighted by Gasteiger charge is -2.02. The number of thiazole rings is 1. The molecule has 1 aromatic carbocycles. The van der Waals surface area contributed by atoms with Gasteiger partial charge < -0.3 is 0 Å². The summed E-state index contributed by atoms with van der Waals surface area (Å²) < 4.78 is 0. The Morgan fingerprint density at radius 1 is 1.23 bits per heavy atom. The minimum absolute atomic E-state index is 0.178. The molecule has 3 aromatic rings. The van der Waals surface area contributed by atoms with Crippen LogP contribution in [0, 0.1) is 18.3 Å². The number of Topliss-reactive ketones (excluding diaryl/α,β-unsaturated/α-hetero) is 1. The molecule has 2 aromatic heterocycles. The van der Waals surface area contributed by atoms with E-state index in [1.807, 2.05) is 48.0 Å². The highest BCUT2D eigenvalue weighted by atomic mass is 32.1. The minimum atomic E-state index is -0.831. The molecule has 0 amide bonds. The standard InChI is InChI=1S/C17H12N2OS2/c1-11-4-6-12(7-5-11)14-10-22-17(19-14)13(9-18)16(20)15-3-2-8-21-15/h2-8,10,13H,1H3. The van der Waals surface area contributed by atoms with Gasteiger partial charge in [-0.2, -0.15) is 5.26 Å². The van der Waals surface area contributed by atoms with Gasteiger partial charge >= 0.3 is 0 Å². The SMILES string of the molecule is Cc1ccc(-c2csc(C(C#N)C(=O)c3cccs3)n2)cc1. The van der Waals surface area contributed by atoms with Crippen LogP contribution in [0.5, 0.6) is 0 Å². The Balaban J connectivity index is 1.90. The van der Waals surface area contributed by atoms with Crippen molar-refractivity contribution in [2.75, 3.05) is 0 Å². The predicted octanol–water partition coefficient (Wildman–Crippen LogP) is 4.67. The monoisotopic (exact) mass is 324 g/mol. The number of benzene rings is 1. The predicted molar refractivity (Wildman–Crippen MR) is 89.3 cm³/mol. The number of thiophene rings is 1. The quantitative estimate of drug-likeness (QED) is 0.655. The van der Waals surface area contributed by atoms with Crippen molar-refractivity contribution < 1.29 is 4.79 Å². The van der Waals surface area contributed by atoms with Gasteiger partial charge in [0.25, 0.3) is 0 Å². The van der Waals surface area contributed by atoms with E-state index in [2.05, 4.69) is 11.1 Å². The van der Waals surface area contributed by atoms with Gasteiger partial charge in [0.2, 0.25) is 0 Å². The van der Waals surface area contributed by atoms with Crippen molar-refractivity contribution in [3.63, 3.8) is 0 Å². The van der Waals surface area contributed by atoms with Crippen LogP contribution in [0.25, 0.3) is 11.3 Å². The van der Waals surface area contributed by atoms with E-state index in [-0.39, 0.29) is 5.78 Å².